The van der Waals surface area contributed by atoms with Crippen molar-refractivity contribution in [2.24, 2.45) is 10.4 Å². The predicted octanol–water partition coefficient (Wildman–Crippen LogP) is 2.04. The van der Waals surface area contributed by atoms with Gasteiger partial charge in [-0.3, -0.25) is 9.79 Å². The summed E-state index contributed by atoms with van der Waals surface area (Å²) in [6.45, 7) is 7.55. The van der Waals surface area contributed by atoms with Gasteiger partial charge >= 0.3 is 0 Å². The molecule has 0 aliphatic carbocycles. The van der Waals surface area contributed by atoms with E-state index in [0.29, 0.717) is 19.6 Å². The fourth-order valence-corrected chi connectivity index (χ4v) is 2.68. The van der Waals surface area contributed by atoms with Gasteiger partial charge in [-0.15, -0.1) is 0 Å². The fraction of sp³-hybridized carbons (Fsp3) is 0.450. The van der Waals surface area contributed by atoms with Crippen LogP contribution in [0.25, 0.3) is 5.69 Å². The van der Waals surface area contributed by atoms with Crippen molar-refractivity contribution in [3.8, 4) is 5.69 Å². The Morgan fingerprint density at radius 3 is 2.59 bits per heavy atom. The lowest BCUT2D eigenvalue weighted by Crippen LogP contribution is -2.48. The Morgan fingerprint density at radius 1 is 1.26 bits per heavy atom. The second-order valence-electron chi connectivity index (χ2n) is 7.13. The van der Waals surface area contributed by atoms with Crippen LogP contribution in [0.2, 0.25) is 0 Å². The van der Waals surface area contributed by atoms with Crippen LogP contribution < -0.4 is 10.6 Å². The molecule has 7 nitrogen and oxygen atoms in total. The average Bonchev–Trinajstić information content (AvgIpc) is 3.11. The number of aromatic nitrogens is 2. The van der Waals surface area contributed by atoms with Crippen LogP contribution in [0.15, 0.2) is 47.7 Å². The summed E-state index contributed by atoms with van der Waals surface area (Å²) in [6, 6.07) is 10.0. The van der Waals surface area contributed by atoms with E-state index in [2.05, 4.69) is 20.7 Å². The highest BCUT2D eigenvalue weighted by molar-refractivity contribution is 5.84. The maximum Gasteiger partial charge on any atom is 0.227 e. The van der Waals surface area contributed by atoms with Crippen molar-refractivity contribution >= 4 is 11.9 Å². The third kappa shape index (κ3) is 5.57. The van der Waals surface area contributed by atoms with Gasteiger partial charge in [-0.2, -0.15) is 5.10 Å². The van der Waals surface area contributed by atoms with Gasteiger partial charge < -0.3 is 15.5 Å². The molecule has 1 aromatic heterocycles. The Morgan fingerprint density at radius 2 is 1.96 bits per heavy atom. The number of para-hydroxylation sites is 1. The third-order valence-corrected chi connectivity index (χ3v) is 4.29. The molecule has 0 bridgehead atoms. The van der Waals surface area contributed by atoms with E-state index in [1.165, 1.54) is 0 Å². The first-order valence-electron chi connectivity index (χ1n) is 9.16. The molecule has 2 rings (SSSR count). The van der Waals surface area contributed by atoms with Gasteiger partial charge in [-0.1, -0.05) is 18.2 Å². The summed E-state index contributed by atoms with van der Waals surface area (Å²) in [5.41, 5.74) is 1.58. The van der Waals surface area contributed by atoms with Crippen LogP contribution in [0.5, 0.6) is 0 Å². The fourth-order valence-electron chi connectivity index (χ4n) is 2.68. The second kappa shape index (κ2) is 9.21. The van der Waals surface area contributed by atoms with E-state index in [9.17, 15) is 4.79 Å². The molecular weight excluding hydrogens is 340 g/mol. The standard InChI is InChI=1S/C20H30N6O/c1-6-22-18(27)20(2,3)15-23-19(21-4)25(5)13-16-12-24-26(14-16)17-10-8-7-9-11-17/h7-12,14H,6,13,15H2,1-5H3,(H,21,23)(H,22,27). The first-order valence-corrected chi connectivity index (χ1v) is 9.16. The van der Waals surface area contributed by atoms with Crippen LogP contribution in [-0.2, 0) is 11.3 Å². The monoisotopic (exact) mass is 370 g/mol. The van der Waals surface area contributed by atoms with Crippen molar-refractivity contribution in [2.75, 3.05) is 27.2 Å². The zero-order valence-corrected chi connectivity index (χ0v) is 16.9. The number of guanidine groups is 1. The van der Waals surface area contributed by atoms with E-state index in [-0.39, 0.29) is 5.91 Å². The van der Waals surface area contributed by atoms with Gasteiger partial charge in [0.25, 0.3) is 0 Å². The minimum Gasteiger partial charge on any atom is -0.356 e. The van der Waals surface area contributed by atoms with Crippen LogP contribution in [0.3, 0.4) is 0 Å². The zero-order chi connectivity index (χ0) is 19.9. The Hall–Kier alpha value is -2.83. The third-order valence-electron chi connectivity index (χ3n) is 4.29. The summed E-state index contributed by atoms with van der Waals surface area (Å²) >= 11 is 0. The number of carbonyl (C=O) groups excluding carboxylic acids is 1. The molecule has 2 N–H and O–H groups in total. The van der Waals surface area contributed by atoms with Crippen molar-refractivity contribution < 1.29 is 4.79 Å². The summed E-state index contributed by atoms with van der Waals surface area (Å²) in [4.78, 5) is 18.5. The van der Waals surface area contributed by atoms with Gasteiger partial charge in [0.1, 0.15) is 0 Å². The van der Waals surface area contributed by atoms with Crippen LogP contribution >= 0.6 is 0 Å². The van der Waals surface area contributed by atoms with Crippen molar-refractivity contribution in [3.05, 3.63) is 48.3 Å². The molecule has 0 atom stereocenters. The van der Waals surface area contributed by atoms with Gasteiger partial charge in [-0.05, 0) is 32.9 Å². The molecule has 0 aliphatic heterocycles. The van der Waals surface area contributed by atoms with Crippen LogP contribution in [-0.4, -0.2) is 53.7 Å². The smallest absolute Gasteiger partial charge is 0.227 e. The molecule has 0 unspecified atom stereocenters. The number of carbonyl (C=O) groups is 1. The normalized spacial score (nSPS) is 12.0. The van der Waals surface area contributed by atoms with Crippen LogP contribution in [0.4, 0.5) is 0 Å². The number of hydrogen-bond donors (Lipinski definition) is 2. The van der Waals surface area contributed by atoms with Gasteiger partial charge in [0, 0.05) is 45.5 Å². The quantitative estimate of drug-likeness (QED) is 0.578. The Labute approximate surface area is 161 Å². The number of hydrogen-bond acceptors (Lipinski definition) is 3. The van der Waals surface area contributed by atoms with Gasteiger partial charge in [0.2, 0.25) is 5.91 Å². The lowest BCUT2D eigenvalue weighted by Gasteiger charge is -2.27. The molecule has 0 radical (unpaired) electrons. The van der Waals surface area contributed by atoms with E-state index < -0.39 is 5.41 Å². The topological polar surface area (TPSA) is 74.6 Å². The molecule has 1 heterocycles. The minimum atomic E-state index is -0.523. The van der Waals surface area contributed by atoms with E-state index >= 15 is 0 Å². The number of amides is 1. The predicted molar refractivity (Wildman–Crippen MR) is 109 cm³/mol. The summed E-state index contributed by atoms with van der Waals surface area (Å²) in [5.74, 6) is 0.763. The molecule has 0 spiro atoms. The Balaban J connectivity index is 1.96. The van der Waals surface area contributed by atoms with Crippen molar-refractivity contribution in [3.63, 3.8) is 0 Å². The average molecular weight is 371 g/mol. The first-order chi connectivity index (χ1) is 12.9. The Bertz CT molecular complexity index is 766. The molecule has 2 aromatic rings. The molecule has 27 heavy (non-hydrogen) atoms. The highest BCUT2D eigenvalue weighted by Crippen LogP contribution is 2.14. The summed E-state index contributed by atoms with van der Waals surface area (Å²) < 4.78 is 1.86. The maximum atomic E-state index is 12.1. The molecule has 1 amide bonds. The lowest BCUT2D eigenvalue weighted by atomic mass is 9.92. The highest BCUT2D eigenvalue weighted by Gasteiger charge is 2.27. The molecule has 0 aliphatic rings. The van der Waals surface area contributed by atoms with E-state index in [4.69, 9.17) is 0 Å². The highest BCUT2D eigenvalue weighted by atomic mass is 16.2. The van der Waals surface area contributed by atoms with Crippen molar-refractivity contribution in [1.82, 2.24) is 25.3 Å². The Kier molecular flexibility index (Phi) is 6.98. The number of nitrogens with zero attached hydrogens (tertiary/aromatic N) is 4. The second-order valence-corrected chi connectivity index (χ2v) is 7.13. The molecular formula is C20H30N6O. The number of rotatable bonds is 7. The summed E-state index contributed by atoms with van der Waals surface area (Å²) in [6.07, 6.45) is 3.87. The SMILES string of the molecule is CCNC(=O)C(C)(C)CNC(=NC)N(C)Cc1cnn(-c2ccccc2)c1. The molecule has 0 fully saturated rings. The minimum absolute atomic E-state index is 0.0275. The van der Waals surface area contributed by atoms with Crippen LogP contribution in [0.1, 0.15) is 26.3 Å². The molecule has 146 valence electrons. The van der Waals surface area contributed by atoms with Gasteiger partial charge in [0.15, 0.2) is 5.96 Å². The largest absolute Gasteiger partial charge is 0.356 e. The zero-order valence-electron chi connectivity index (χ0n) is 16.9. The molecule has 1 aromatic carbocycles. The first kappa shape index (κ1) is 20.5. The number of benzene rings is 1. The molecule has 0 saturated carbocycles. The van der Waals surface area contributed by atoms with E-state index in [1.54, 1.807) is 7.05 Å². The van der Waals surface area contributed by atoms with Gasteiger partial charge in [0.05, 0.1) is 17.3 Å². The van der Waals surface area contributed by atoms with Crippen LogP contribution in [0, 0.1) is 5.41 Å². The van der Waals surface area contributed by atoms with Crippen molar-refractivity contribution in [1.29, 1.82) is 0 Å². The van der Waals surface area contributed by atoms with E-state index in [1.807, 2.05) is 80.1 Å². The van der Waals surface area contributed by atoms with E-state index in [0.717, 1.165) is 17.2 Å². The van der Waals surface area contributed by atoms with Crippen molar-refractivity contribution in [2.45, 2.75) is 27.3 Å². The molecule has 7 heteroatoms. The maximum absolute atomic E-state index is 12.1. The molecule has 0 saturated heterocycles. The number of aliphatic imine (C=N–C) groups is 1. The lowest BCUT2D eigenvalue weighted by molar-refractivity contribution is -0.128. The van der Waals surface area contributed by atoms with Gasteiger partial charge in [-0.25, -0.2) is 4.68 Å². The summed E-state index contributed by atoms with van der Waals surface area (Å²) in [5, 5.41) is 10.6. The summed E-state index contributed by atoms with van der Waals surface area (Å²) in [7, 11) is 3.71. The number of nitrogens with one attached hydrogen (secondary N) is 2.